The number of carboxylic acids is 1. The highest BCUT2D eigenvalue weighted by molar-refractivity contribution is 6.33. The first kappa shape index (κ1) is 18.2. The molecule has 1 heterocycles. The molecule has 0 aliphatic heterocycles. The standard InChI is InChI=1S/C18H12ClN3O5/c19-16-7-3-12(9-15(16)18(23)24)21-20-10-14-6-8-17(27-14)11-1-4-13(5-2-11)22(25)26/h1-10,21H,(H,23,24). The third kappa shape index (κ3) is 4.31. The highest BCUT2D eigenvalue weighted by atomic mass is 35.5. The lowest BCUT2D eigenvalue weighted by Gasteiger charge is -2.03. The Bertz CT molecular complexity index is 1030. The van der Waals surface area contributed by atoms with Crippen LogP contribution in [0.2, 0.25) is 5.02 Å². The van der Waals surface area contributed by atoms with Crippen LogP contribution in [0.15, 0.2) is 64.1 Å². The number of non-ortho nitro benzene ring substituents is 1. The van der Waals surface area contributed by atoms with E-state index in [-0.39, 0.29) is 16.3 Å². The number of nitro groups is 1. The summed E-state index contributed by atoms with van der Waals surface area (Å²) in [6.07, 6.45) is 1.42. The predicted octanol–water partition coefficient (Wildman–Crippen LogP) is 4.65. The van der Waals surface area contributed by atoms with E-state index in [1.165, 1.54) is 30.5 Å². The molecule has 0 fully saturated rings. The molecule has 0 amide bonds. The maximum atomic E-state index is 11.1. The lowest BCUT2D eigenvalue weighted by atomic mass is 10.1. The molecule has 8 nitrogen and oxygen atoms in total. The van der Waals surface area contributed by atoms with Gasteiger partial charge in [0.05, 0.1) is 27.4 Å². The van der Waals surface area contributed by atoms with Crippen LogP contribution in [0.4, 0.5) is 11.4 Å². The van der Waals surface area contributed by atoms with E-state index in [0.717, 1.165) is 0 Å². The van der Waals surface area contributed by atoms with E-state index in [1.54, 1.807) is 30.3 Å². The normalized spacial score (nSPS) is 10.9. The smallest absolute Gasteiger partial charge is 0.337 e. The van der Waals surface area contributed by atoms with Crippen molar-refractivity contribution in [2.75, 3.05) is 5.43 Å². The lowest BCUT2D eigenvalue weighted by molar-refractivity contribution is -0.384. The molecule has 0 atom stereocenters. The first-order valence-corrected chi connectivity index (χ1v) is 7.98. The van der Waals surface area contributed by atoms with Gasteiger partial charge in [-0.2, -0.15) is 5.10 Å². The topological polar surface area (TPSA) is 118 Å². The van der Waals surface area contributed by atoms with E-state index >= 15 is 0 Å². The number of aromatic carboxylic acids is 1. The zero-order chi connectivity index (χ0) is 19.4. The Morgan fingerprint density at radius 2 is 1.93 bits per heavy atom. The number of nitrogens with one attached hydrogen (secondary N) is 1. The zero-order valence-electron chi connectivity index (χ0n) is 13.6. The number of carboxylic acid groups (broad SMARTS) is 1. The van der Waals surface area contributed by atoms with Gasteiger partial charge in [0.2, 0.25) is 0 Å². The summed E-state index contributed by atoms with van der Waals surface area (Å²) >= 11 is 5.81. The van der Waals surface area contributed by atoms with Crippen LogP contribution in [0.1, 0.15) is 16.1 Å². The maximum absolute atomic E-state index is 11.1. The van der Waals surface area contributed by atoms with Gasteiger partial charge in [0.25, 0.3) is 5.69 Å². The number of halogens is 1. The van der Waals surface area contributed by atoms with Gasteiger partial charge in [-0.1, -0.05) is 11.6 Å². The molecular weight excluding hydrogens is 374 g/mol. The summed E-state index contributed by atoms with van der Waals surface area (Å²) in [6, 6.07) is 13.8. The summed E-state index contributed by atoms with van der Waals surface area (Å²) in [5, 5.41) is 23.9. The largest absolute Gasteiger partial charge is 0.478 e. The predicted molar refractivity (Wildman–Crippen MR) is 100 cm³/mol. The summed E-state index contributed by atoms with van der Waals surface area (Å²) < 4.78 is 5.61. The van der Waals surface area contributed by atoms with Crippen molar-refractivity contribution in [3.8, 4) is 11.3 Å². The van der Waals surface area contributed by atoms with Gasteiger partial charge in [-0.05, 0) is 42.5 Å². The number of rotatable bonds is 6. The molecule has 2 N–H and O–H groups in total. The lowest BCUT2D eigenvalue weighted by Crippen LogP contribution is -1.99. The van der Waals surface area contributed by atoms with Crippen LogP contribution in [0, 0.1) is 10.1 Å². The van der Waals surface area contributed by atoms with Gasteiger partial charge in [-0.25, -0.2) is 4.79 Å². The fraction of sp³-hybridized carbons (Fsp3) is 0. The van der Waals surface area contributed by atoms with Crippen molar-refractivity contribution < 1.29 is 19.2 Å². The molecule has 0 saturated carbocycles. The molecule has 0 bridgehead atoms. The second-order valence-corrected chi connectivity index (χ2v) is 5.78. The third-order valence-corrected chi connectivity index (χ3v) is 3.90. The maximum Gasteiger partial charge on any atom is 0.337 e. The number of carbonyl (C=O) groups is 1. The van der Waals surface area contributed by atoms with Crippen LogP contribution in [0.25, 0.3) is 11.3 Å². The van der Waals surface area contributed by atoms with Gasteiger partial charge in [0.15, 0.2) is 0 Å². The summed E-state index contributed by atoms with van der Waals surface area (Å²) in [7, 11) is 0. The highest BCUT2D eigenvalue weighted by Gasteiger charge is 2.09. The molecule has 3 aromatic rings. The Kier molecular flexibility index (Phi) is 5.18. The minimum Gasteiger partial charge on any atom is -0.478 e. The van der Waals surface area contributed by atoms with Gasteiger partial charge >= 0.3 is 5.97 Å². The molecular formula is C18H12ClN3O5. The average Bonchev–Trinajstić information content (AvgIpc) is 3.12. The molecule has 0 aliphatic rings. The van der Waals surface area contributed by atoms with Crippen molar-refractivity contribution in [3.63, 3.8) is 0 Å². The third-order valence-electron chi connectivity index (χ3n) is 3.57. The van der Waals surface area contributed by atoms with Crippen molar-refractivity contribution in [2.45, 2.75) is 0 Å². The monoisotopic (exact) mass is 385 g/mol. The summed E-state index contributed by atoms with van der Waals surface area (Å²) in [5.41, 5.74) is 3.81. The summed E-state index contributed by atoms with van der Waals surface area (Å²) in [5.74, 6) is -0.152. The Labute approximate surface area is 157 Å². The quantitative estimate of drug-likeness (QED) is 0.362. The number of nitrogens with zero attached hydrogens (tertiary/aromatic N) is 2. The second kappa shape index (κ2) is 7.71. The van der Waals surface area contributed by atoms with Crippen molar-refractivity contribution in [3.05, 3.63) is 81.1 Å². The van der Waals surface area contributed by atoms with Gasteiger partial charge in [-0.15, -0.1) is 0 Å². The molecule has 1 aromatic heterocycles. The van der Waals surface area contributed by atoms with Crippen LogP contribution in [0.3, 0.4) is 0 Å². The van der Waals surface area contributed by atoms with Gasteiger partial charge in [0, 0.05) is 17.7 Å². The average molecular weight is 386 g/mol. The molecule has 27 heavy (non-hydrogen) atoms. The van der Waals surface area contributed by atoms with E-state index in [4.69, 9.17) is 21.1 Å². The fourth-order valence-electron chi connectivity index (χ4n) is 2.25. The Morgan fingerprint density at radius 3 is 2.59 bits per heavy atom. The Balaban J connectivity index is 1.69. The minimum atomic E-state index is -1.13. The molecule has 3 rings (SSSR count). The molecule has 136 valence electrons. The van der Waals surface area contributed by atoms with Crippen LogP contribution < -0.4 is 5.43 Å². The van der Waals surface area contributed by atoms with E-state index in [2.05, 4.69) is 10.5 Å². The van der Waals surface area contributed by atoms with Crippen LogP contribution in [-0.2, 0) is 0 Å². The summed E-state index contributed by atoms with van der Waals surface area (Å²) in [4.78, 5) is 21.3. The number of anilines is 1. The number of hydrogen-bond donors (Lipinski definition) is 2. The van der Waals surface area contributed by atoms with E-state index in [9.17, 15) is 14.9 Å². The first-order valence-electron chi connectivity index (χ1n) is 7.60. The second-order valence-electron chi connectivity index (χ2n) is 5.38. The van der Waals surface area contributed by atoms with Crippen molar-refractivity contribution in [1.29, 1.82) is 0 Å². The van der Waals surface area contributed by atoms with Gasteiger partial charge in [0.1, 0.15) is 11.5 Å². The van der Waals surface area contributed by atoms with Gasteiger partial charge in [-0.3, -0.25) is 15.5 Å². The SMILES string of the molecule is O=C(O)c1cc(NN=Cc2ccc(-c3ccc([N+](=O)[O-])cc3)o2)ccc1Cl. The van der Waals surface area contributed by atoms with Crippen LogP contribution in [0.5, 0.6) is 0 Å². The number of hydrogen-bond acceptors (Lipinski definition) is 6. The number of nitro benzene ring substituents is 1. The van der Waals surface area contributed by atoms with Crippen molar-refractivity contribution in [1.82, 2.24) is 0 Å². The molecule has 0 spiro atoms. The Morgan fingerprint density at radius 1 is 1.19 bits per heavy atom. The number of hydrazone groups is 1. The number of furan rings is 1. The molecule has 0 saturated heterocycles. The number of benzene rings is 2. The Hall–Kier alpha value is -3.65. The van der Waals surface area contributed by atoms with Gasteiger partial charge < -0.3 is 9.52 Å². The van der Waals surface area contributed by atoms with Crippen molar-refractivity contribution >= 4 is 35.2 Å². The zero-order valence-corrected chi connectivity index (χ0v) is 14.4. The van der Waals surface area contributed by atoms with E-state index in [0.29, 0.717) is 22.8 Å². The molecule has 0 unspecified atom stereocenters. The highest BCUT2D eigenvalue weighted by Crippen LogP contribution is 2.24. The van der Waals surface area contributed by atoms with Crippen LogP contribution >= 0.6 is 11.6 Å². The molecule has 2 aromatic carbocycles. The molecule has 0 aliphatic carbocycles. The first-order chi connectivity index (χ1) is 12.9. The molecule has 0 radical (unpaired) electrons. The van der Waals surface area contributed by atoms with Crippen molar-refractivity contribution in [2.24, 2.45) is 5.10 Å². The fourth-order valence-corrected chi connectivity index (χ4v) is 2.45. The van der Waals surface area contributed by atoms with Crippen LogP contribution in [-0.4, -0.2) is 22.2 Å². The van der Waals surface area contributed by atoms with E-state index < -0.39 is 10.9 Å². The summed E-state index contributed by atoms with van der Waals surface area (Å²) in [6.45, 7) is 0. The molecule has 9 heteroatoms. The van der Waals surface area contributed by atoms with E-state index in [1.807, 2.05) is 0 Å². The minimum absolute atomic E-state index is 0.0000122.